The fraction of sp³-hybridized carbons (Fsp3) is 0.564. The molecule has 3 N–H and O–H groups in total. The maximum atomic E-state index is 13.5. The Kier molecular flexibility index (Phi) is 18.2. The lowest BCUT2D eigenvalue weighted by Gasteiger charge is -2.40. The van der Waals surface area contributed by atoms with Gasteiger partial charge in [0.05, 0.1) is 6.54 Å². The molecule has 0 bridgehead atoms. The molecule has 2 aromatic rings. The van der Waals surface area contributed by atoms with E-state index in [0.717, 1.165) is 67.6 Å². The second-order valence-electron chi connectivity index (χ2n) is 11.8. The van der Waals surface area contributed by atoms with Crippen molar-refractivity contribution in [3.63, 3.8) is 0 Å². The lowest BCUT2D eigenvalue weighted by molar-refractivity contribution is 0.0996. The number of aryl methyl sites for hydroxylation is 1. The molecule has 1 amide bonds. The third-order valence-electron chi connectivity index (χ3n) is 7.85. The maximum Gasteiger partial charge on any atom is 0.258 e. The van der Waals surface area contributed by atoms with Gasteiger partial charge in [-0.3, -0.25) is 4.79 Å². The molecule has 2 aliphatic rings. The van der Waals surface area contributed by atoms with Crippen molar-refractivity contribution < 1.29 is 4.79 Å². The summed E-state index contributed by atoms with van der Waals surface area (Å²) in [5, 5.41) is 18.1. The van der Waals surface area contributed by atoms with E-state index in [2.05, 4.69) is 75.2 Å². The third kappa shape index (κ3) is 11.0. The van der Waals surface area contributed by atoms with Crippen LogP contribution in [0.5, 0.6) is 0 Å². The lowest BCUT2D eigenvalue weighted by atomic mass is 9.64. The molecule has 0 spiro atoms. The minimum absolute atomic E-state index is 0.0819. The summed E-state index contributed by atoms with van der Waals surface area (Å²) in [6.07, 6.45) is 6.60. The van der Waals surface area contributed by atoms with Crippen LogP contribution in [-0.4, -0.2) is 24.4 Å². The number of rotatable bonds is 10. The molecule has 0 saturated heterocycles. The van der Waals surface area contributed by atoms with Crippen LogP contribution in [0.25, 0.3) is 0 Å². The molecule has 1 atom stereocenters. The molecule has 1 aliphatic carbocycles. The summed E-state index contributed by atoms with van der Waals surface area (Å²) in [6.45, 7) is 22.6. The Hall–Kier alpha value is -3.23. The predicted molar refractivity (Wildman–Crippen MR) is 191 cm³/mol. The normalized spacial score (nSPS) is 16.8. The zero-order chi connectivity index (χ0) is 33.2. The van der Waals surface area contributed by atoms with Gasteiger partial charge in [-0.25, -0.2) is 0 Å². The standard InChI is InChI=1S/C33H43N3O.C2H5N.2C2H6/c1-6-7-8-9-11-25-15-28(16-25)32(24(5)34)27-12-10-13-29(18-27)36-21-31-23(4)14-26(17-30(31)33(36)37)20-35-19-22(2)3;1-2-3;2*1-2/h10,12-14,17-18,22,25,28,32,34-35H,6-7,11,15-16,19-21H2,1-5H3;2-3H,1H3;2*1-2H3. The van der Waals surface area contributed by atoms with Gasteiger partial charge in [0.25, 0.3) is 5.91 Å². The second-order valence-corrected chi connectivity index (χ2v) is 11.8. The van der Waals surface area contributed by atoms with Crippen molar-refractivity contribution in [2.75, 3.05) is 11.4 Å². The summed E-state index contributed by atoms with van der Waals surface area (Å²) in [5.41, 5.74) is 7.12. The monoisotopic (exact) mass is 600 g/mol. The number of anilines is 1. The van der Waals surface area contributed by atoms with Gasteiger partial charge in [-0.1, -0.05) is 66.7 Å². The van der Waals surface area contributed by atoms with Gasteiger partial charge in [0, 0.05) is 42.3 Å². The zero-order valence-electron chi connectivity index (χ0n) is 29.4. The molecule has 1 saturated carbocycles. The van der Waals surface area contributed by atoms with Crippen LogP contribution in [0.15, 0.2) is 36.4 Å². The number of unbranched alkanes of at least 4 members (excludes halogenated alkanes) is 1. The highest BCUT2D eigenvalue weighted by Gasteiger charge is 2.37. The number of nitrogens with zero attached hydrogens (tertiary/aromatic N) is 1. The Bertz CT molecular complexity index is 1250. The van der Waals surface area contributed by atoms with Crippen molar-refractivity contribution in [1.82, 2.24) is 5.32 Å². The number of amides is 1. The molecule has 1 unspecified atom stereocenters. The fourth-order valence-electron chi connectivity index (χ4n) is 5.90. The smallest absolute Gasteiger partial charge is 0.258 e. The van der Waals surface area contributed by atoms with Gasteiger partial charge in [-0.15, -0.1) is 11.8 Å². The summed E-state index contributed by atoms with van der Waals surface area (Å²) in [6, 6.07) is 12.7. The van der Waals surface area contributed by atoms with Crippen LogP contribution < -0.4 is 10.2 Å². The number of hydrogen-bond donors (Lipinski definition) is 3. The summed E-state index contributed by atoms with van der Waals surface area (Å²) in [7, 11) is 0. The molecule has 1 fully saturated rings. The van der Waals surface area contributed by atoms with Gasteiger partial charge in [-0.05, 0) is 111 Å². The molecular weight excluding hydrogens is 540 g/mol. The highest BCUT2D eigenvalue weighted by Crippen LogP contribution is 2.46. The minimum atomic E-state index is 0.0819. The molecule has 1 aliphatic heterocycles. The van der Waals surface area contributed by atoms with E-state index in [1.54, 1.807) is 6.92 Å². The number of benzene rings is 2. The average molecular weight is 601 g/mol. The summed E-state index contributed by atoms with van der Waals surface area (Å²) >= 11 is 0. The molecule has 5 heteroatoms. The van der Waals surface area contributed by atoms with Crippen molar-refractivity contribution >= 4 is 23.5 Å². The van der Waals surface area contributed by atoms with Gasteiger partial charge in [0.1, 0.15) is 0 Å². The Morgan fingerprint density at radius 3 is 2.36 bits per heavy atom. The zero-order valence-corrected chi connectivity index (χ0v) is 29.4. The van der Waals surface area contributed by atoms with Crippen molar-refractivity contribution in [2.24, 2.45) is 17.8 Å². The first-order valence-corrected chi connectivity index (χ1v) is 16.9. The predicted octanol–water partition coefficient (Wildman–Crippen LogP) is 9.95. The van der Waals surface area contributed by atoms with E-state index in [1.165, 1.54) is 17.3 Å². The van der Waals surface area contributed by atoms with Crippen LogP contribution in [0.4, 0.5) is 5.69 Å². The maximum absolute atomic E-state index is 13.5. The van der Waals surface area contributed by atoms with Gasteiger partial charge in [-0.2, -0.15) is 0 Å². The quantitative estimate of drug-likeness (QED) is 0.187. The minimum Gasteiger partial charge on any atom is -0.313 e. The van der Waals surface area contributed by atoms with Crippen molar-refractivity contribution in [3.8, 4) is 11.8 Å². The van der Waals surface area contributed by atoms with E-state index < -0.39 is 0 Å². The SMILES string of the molecule is CC.CC.CC=N.CCCC#CCC1CC(C(C(C)=N)c2cccc(N3Cc4c(C)cc(CNCC(C)C)cc4C3=O)c2)C1. The van der Waals surface area contributed by atoms with Crippen LogP contribution >= 0.6 is 0 Å². The topological polar surface area (TPSA) is 80.0 Å². The molecule has 0 aromatic heterocycles. The molecule has 242 valence electrons. The second kappa shape index (κ2) is 20.7. The van der Waals surface area contributed by atoms with Gasteiger partial charge in [0.15, 0.2) is 0 Å². The number of nitrogens with one attached hydrogen (secondary N) is 3. The van der Waals surface area contributed by atoms with Gasteiger partial charge >= 0.3 is 0 Å². The molecule has 4 rings (SSSR count). The third-order valence-corrected chi connectivity index (χ3v) is 7.85. The van der Waals surface area contributed by atoms with Crippen molar-refractivity contribution in [3.05, 3.63) is 64.2 Å². The van der Waals surface area contributed by atoms with Crippen LogP contribution in [0.1, 0.15) is 133 Å². The molecule has 0 radical (unpaired) electrons. The fourth-order valence-corrected chi connectivity index (χ4v) is 5.90. The van der Waals surface area contributed by atoms with E-state index in [0.29, 0.717) is 30.0 Å². The molecule has 44 heavy (non-hydrogen) atoms. The molecule has 5 nitrogen and oxygen atoms in total. The number of carbonyl (C=O) groups is 1. The Morgan fingerprint density at radius 1 is 1.11 bits per heavy atom. The van der Waals surface area contributed by atoms with Crippen LogP contribution in [-0.2, 0) is 13.1 Å². The van der Waals surface area contributed by atoms with Gasteiger partial charge in [0.2, 0.25) is 0 Å². The number of carbonyl (C=O) groups excluding carboxylic acids is 1. The lowest BCUT2D eigenvalue weighted by Crippen LogP contribution is -2.32. The molecule has 1 heterocycles. The van der Waals surface area contributed by atoms with E-state index in [4.69, 9.17) is 10.8 Å². The van der Waals surface area contributed by atoms with Crippen LogP contribution in [0.2, 0.25) is 0 Å². The Labute approximate surface area is 269 Å². The van der Waals surface area contributed by atoms with Crippen LogP contribution in [0, 0.1) is 47.3 Å². The Morgan fingerprint density at radius 2 is 1.77 bits per heavy atom. The Balaban J connectivity index is 0.00000128. The average Bonchev–Trinajstić information content (AvgIpc) is 3.32. The van der Waals surface area contributed by atoms with Gasteiger partial charge < -0.3 is 21.0 Å². The highest BCUT2D eigenvalue weighted by atomic mass is 16.2. The first-order valence-electron chi connectivity index (χ1n) is 16.9. The largest absolute Gasteiger partial charge is 0.313 e. The van der Waals surface area contributed by atoms with E-state index in [9.17, 15) is 4.79 Å². The van der Waals surface area contributed by atoms with E-state index >= 15 is 0 Å². The summed E-state index contributed by atoms with van der Waals surface area (Å²) in [5.74, 6) is 8.55. The van der Waals surface area contributed by atoms with Crippen molar-refractivity contribution in [2.45, 2.75) is 120 Å². The van der Waals surface area contributed by atoms with Crippen LogP contribution in [0.3, 0.4) is 0 Å². The van der Waals surface area contributed by atoms with E-state index in [1.807, 2.05) is 45.6 Å². The summed E-state index contributed by atoms with van der Waals surface area (Å²) in [4.78, 5) is 15.5. The molecule has 2 aromatic carbocycles. The first-order chi connectivity index (χ1) is 21.2. The number of fused-ring (bicyclic) bond motifs is 1. The number of hydrogen-bond acceptors (Lipinski definition) is 4. The summed E-state index contributed by atoms with van der Waals surface area (Å²) < 4.78 is 0. The molecular formula is C39H60N4O. The van der Waals surface area contributed by atoms with E-state index in [-0.39, 0.29) is 11.8 Å². The van der Waals surface area contributed by atoms with Crippen molar-refractivity contribution in [1.29, 1.82) is 10.8 Å². The highest BCUT2D eigenvalue weighted by molar-refractivity contribution is 6.10. The first kappa shape index (κ1) is 38.8.